The molecule has 1 aliphatic heterocycles. The molecule has 3 amide bonds. The molecule has 0 spiro atoms. The van der Waals surface area contributed by atoms with Gasteiger partial charge in [0.1, 0.15) is 13.2 Å². The lowest BCUT2D eigenvalue weighted by Crippen LogP contribution is -2.65. The molecule has 6 nitrogen and oxygen atoms in total. The van der Waals surface area contributed by atoms with E-state index in [2.05, 4.69) is 10.2 Å². The highest BCUT2D eigenvalue weighted by atomic mass is 16.6. The Morgan fingerprint density at radius 1 is 1.07 bits per heavy atom. The minimum Gasteiger partial charge on any atom is -0.415 e. The lowest BCUT2D eigenvalue weighted by Gasteiger charge is -2.40. The van der Waals surface area contributed by atoms with Gasteiger partial charge in [0.2, 0.25) is 0 Å². The number of urea groups is 1. The number of hydrogen-bond donors (Lipinski definition) is 1. The van der Waals surface area contributed by atoms with Crippen LogP contribution in [-0.2, 0) is 11.3 Å². The second-order valence-corrected chi connectivity index (χ2v) is 8.37. The second-order valence-electron chi connectivity index (χ2n) is 8.37. The number of imide groups is 1. The largest absolute Gasteiger partial charge is 0.525 e. The van der Waals surface area contributed by atoms with Crippen molar-refractivity contribution in [2.24, 2.45) is 0 Å². The molecule has 2 unspecified atom stereocenters. The summed E-state index contributed by atoms with van der Waals surface area (Å²) in [6, 6.07) is 15.2. The molecule has 1 aliphatic rings. The average Bonchev–Trinajstić information content (AvgIpc) is 2.75. The maximum Gasteiger partial charge on any atom is 0.525 e. The first kappa shape index (κ1) is 22.0. The standard InChI is InChI=1S/C24H31N3O3/c1-18-10-8-11-19(2)22(18)25-23(28)27(15-9-14-21(16-27)26(3)4)24(29)30-17-20-12-6-5-7-13-20/h5-8,10-13,21H,9,14-17H2,1-4H3/p+1. The van der Waals surface area contributed by atoms with Crippen molar-refractivity contribution in [3.05, 3.63) is 65.2 Å². The van der Waals surface area contributed by atoms with E-state index in [4.69, 9.17) is 4.74 Å². The van der Waals surface area contributed by atoms with E-state index in [0.717, 1.165) is 35.2 Å². The van der Waals surface area contributed by atoms with Crippen LogP contribution in [0.2, 0.25) is 0 Å². The first-order valence-electron chi connectivity index (χ1n) is 10.5. The highest BCUT2D eigenvalue weighted by Crippen LogP contribution is 2.27. The number of nitrogens with zero attached hydrogens (tertiary/aromatic N) is 2. The summed E-state index contributed by atoms with van der Waals surface area (Å²) in [6.45, 7) is 4.91. The Kier molecular flexibility index (Phi) is 6.90. The van der Waals surface area contributed by atoms with Crippen LogP contribution in [-0.4, -0.2) is 54.7 Å². The van der Waals surface area contributed by atoms with Gasteiger partial charge < -0.3 is 9.64 Å². The van der Waals surface area contributed by atoms with Crippen LogP contribution in [0.1, 0.15) is 29.5 Å². The summed E-state index contributed by atoms with van der Waals surface area (Å²) in [5.41, 5.74) is 3.61. The molecule has 1 heterocycles. The van der Waals surface area contributed by atoms with Crippen molar-refractivity contribution in [3.63, 3.8) is 0 Å². The number of carbonyl (C=O) groups excluding carboxylic acids is 2. The fourth-order valence-corrected chi connectivity index (χ4v) is 4.06. The molecule has 1 N–H and O–H groups in total. The van der Waals surface area contributed by atoms with E-state index in [9.17, 15) is 9.59 Å². The molecule has 1 saturated heterocycles. The molecule has 30 heavy (non-hydrogen) atoms. The average molecular weight is 411 g/mol. The van der Waals surface area contributed by atoms with Gasteiger partial charge >= 0.3 is 12.1 Å². The van der Waals surface area contributed by atoms with E-state index in [1.54, 1.807) is 0 Å². The number of ether oxygens (including phenoxy) is 1. The fraction of sp³-hybridized carbons (Fsp3) is 0.417. The molecule has 0 radical (unpaired) electrons. The van der Waals surface area contributed by atoms with Crippen molar-refractivity contribution in [2.75, 3.05) is 32.5 Å². The van der Waals surface area contributed by atoms with Crippen LogP contribution in [0.4, 0.5) is 15.3 Å². The number of aryl methyl sites for hydroxylation is 2. The summed E-state index contributed by atoms with van der Waals surface area (Å²) < 4.78 is 5.33. The second kappa shape index (κ2) is 9.41. The first-order valence-corrected chi connectivity index (χ1v) is 10.5. The van der Waals surface area contributed by atoms with Crippen molar-refractivity contribution in [1.29, 1.82) is 0 Å². The van der Waals surface area contributed by atoms with E-state index < -0.39 is 6.09 Å². The van der Waals surface area contributed by atoms with Crippen molar-refractivity contribution in [2.45, 2.75) is 39.3 Å². The summed E-state index contributed by atoms with van der Waals surface area (Å²) in [6.07, 6.45) is 1.24. The lowest BCUT2D eigenvalue weighted by molar-refractivity contribution is -0.783. The van der Waals surface area contributed by atoms with Crippen LogP contribution in [0.15, 0.2) is 48.5 Å². The van der Waals surface area contributed by atoms with Gasteiger partial charge in [-0.05, 0) is 57.5 Å². The van der Waals surface area contributed by atoms with Crippen molar-refractivity contribution in [1.82, 2.24) is 4.90 Å². The summed E-state index contributed by atoms with van der Waals surface area (Å²) in [5, 5.41) is 3.04. The predicted molar refractivity (Wildman–Crippen MR) is 118 cm³/mol. The normalized spacial score (nSPS) is 21.3. The zero-order valence-corrected chi connectivity index (χ0v) is 18.4. The van der Waals surface area contributed by atoms with Crippen LogP contribution >= 0.6 is 0 Å². The smallest absolute Gasteiger partial charge is 0.415 e. The van der Waals surface area contributed by atoms with E-state index in [-0.39, 0.29) is 23.2 Å². The van der Waals surface area contributed by atoms with Gasteiger partial charge in [0.15, 0.2) is 0 Å². The van der Waals surface area contributed by atoms with Crippen molar-refractivity contribution < 1.29 is 18.8 Å². The quantitative estimate of drug-likeness (QED) is 0.742. The summed E-state index contributed by atoms with van der Waals surface area (Å²) in [4.78, 5) is 29.0. The van der Waals surface area contributed by atoms with Gasteiger partial charge in [0, 0.05) is 0 Å². The number of carbonyl (C=O) groups is 2. The maximum atomic E-state index is 13.6. The number of hydrogen-bond acceptors (Lipinski definition) is 4. The van der Waals surface area contributed by atoms with Crippen molar-refractivity contribution >= 4 is 17.8 Å². The van der Waals surface area contributed by atoms with Crippen molar-refractivity contribution in [3.8, 4) is 0 Å². The van der Waals surface area contributed by atoms with Crippen LogP contribution in [0, 0.1) is 13.8 Å². The number of amides is 3. The molecule has 2 aromatic rings. The molecule has 0 bridgehead atoms. The van der Waals surface area contributed by atoms with E-state index in [1.165, 1.54) is 0 Å². The van der Waals surface area contributed by atoms with E-state index >= 15 is 0 Å². The molecule has 0 aromatic heterocycles. The molecular weight excluding hydrogens is 378 g/mol. The van der Waals surface area contributed by atoms with Gasteiger partial charge in [-0.25, -0.2) is 4.79 Å². The topological polar surface area (TPSA) is 58.6 Å². The number of nitrogens with one attached hydrogen (secondary N) is 1. The van der Waals surface area contributed by atoms with Gasteiger partial charge in [-0.15, -0.1) is 4.48 Å². The molecule has 3 rings (SSSR count). The highest BCUT2D eigenvalue weighted by Gasteiger charge is 2.51. The number of likely N-dealkylation sites (N-methyl/N-ethyl adjacent to an activating group) is 1. The van der Waals surface area contributed by atoms with Crippen LogP contribution in [0.5, 0.6) is 0 Å². The number of anilines is 1. The summed E-state index contributed by atoms with van der Waals surface area (Å²) >= 11 is 0. The molecule has 2 aromatic carbocycles. The number of quaternary nitrogens is 1. The Morgan fingerprint density at radius 2 is 1.73 bits per heavy atom. The third kappa shape index (κ3) is 4.71. The van der Waals surface area contributed by atoms with E-state index in [0.29, 0.717) is 13.1 Å². The predicted octanol–water partition coefficient (Wildman–Crippen LogP) is 4.71. The molecular formula is C24H32N3O3+. The van der Waals surface area contributed by atoms with Gasteiger partial charge in [0.05, 0.1) is 18.3 Å². The summed E-state index contributed by atoms with van der Waals surface area (Å²) in [7, 11) is 3.98. The molecule has 160 valence electrons. The zero-order valence-electron chi connectivity index (χ0n) is 18.4. The Hall–Kier alpha value is -2.70. The lowest BCUT2D eigenvalue weighted by atomic mass is 10.0. The Morgan fingerprint density at radius 3 is 2.37 bits per heavy atom. The van der Waals surface area contributed by atoms with Crippen LogP contribution in [0.3, 0.4) is 0 Å². The SMILES string of the molecule is Cc1cccc(C)c1NC(=O)[N+]1(C(=O)OCc2ccccc2)CCCC(N(C)C)C1. The van der Waals surface area contributed by atoms with Gasteiger partial charge in [-0.1, -0.05) is 48.5 Å². The molecule has 6 heteroatoms. The fourth-order valence-electron chi connectivity index (χ4n) is 4.06. The summed E-state index contributed by atoms with van der Waals surface area (Å²) in [5.74, 6) is 0. The number of rotatable bonds is 4. The Balaban J connectivity index is 1.87. The monoisotopic (exact) mass is 410 g/mol. The first-order chi connectivity index (χ1) is 14.3. The minimum atomic E-state index is -0.492. The number of para-hydroxylation sites is 1. The minimum absolute atomic E-state index is 0.131. The molecule has 1 fully saturated rings. The number of likely N-dealkylation sites (tertiary alicyclic amines) is 1. The molecule has 2 atom stereocenters. The van der Waals surface area contributed by atoms with Gasteiger partial charge in [0.25, 0.3) is 0 Å². The highest BCUT2D eigenvalue weighted by molar-refractivity contribution is 5.92. The van der Waals surface area contributed by atoms with Gasteiger partial charge in [-0.3, -0.25) is 5.32 Å². The number of benzene rings is 2. The van der Waals surface area contributed by atoms with Crippen LogP contribution < -0.4 is 5.32 Å². The van der Waals surface area contributed by atoms with E-state index in [1.807, 2.05) is 76.5 Å². The Bertz CT molecular complexity index is 878. The third-order valence-corrected chi connectivity index (χ3v) is 5.99. The zero-order chi connectivity index (χ0) is 21.7. The van der Waals surface area contributed by atoms with Crippen LogP contribution in [0.25, 0.3) is 0 Å². The maximum absolute atomic E-state index is 13.6. The Labute approximate surface area is 179 Å². The number of piperidine rings is 1. The third-order valence-electron chi connectivity index (χ3n) is 5.99. The molecule has 0 aliphatic carbocycles. The molecule has 0 saturated carbocycles. The van der Waals surface area contributed by atoms with Gasteiger partial charge in [-0.2, -0.15) is 4.79 Å².